The first-order chi connectivity index (χ1) is 53.4. The van der Waals surface area contributed by atoms with Crippen molar-refractivity contribution in [2.45, 2.75) is 240 Å². The molecule has 4 aliphatic heterocycles. The Morgan fingerprint density at radius 1 is 0.451 bits per heavy atom. The third kappa shape index (κ3) is 29.4. The molecule has 4 fully saturated rings. The number of aromatic amines is 1. The highest BCUT2D eigenvalue weighted by atomic mass is 16.4. The van der Waals surface area contributed by atoms with Crippen LogP contribution in [-0.4, -0.2) is 281 Å². The van der Waals surface area contributed by atoms with Crippen molar-refractivity contribution in [1.82, 2.24) is 72.1 Å². The van der Waals surface area contributed by atoms with Gasteiger partial charge in [-0.05, 0) is 115 Å². The van der Waals surface area contributed by atoms with Crippen LogP contribution < -0.4 is 88.4 Å². The molecule has 15 amide bonds. The SMILES string of the molecule is CC(C)C[C@H](NC(=O)[C@@H]1CCCN1C(=O)[C@@H]1CCCN1C(=O)[C@H](CCCN=C(N)N)NC(=O)[C@H](CCC(=O)O)NC(=O)[C@@H](N)CCC(N)=O)C(=O)N[C@@H](CCC(N)=O)C(=O)N[C@@H](CCC(N)=O)C(=O)N1CCC[C@H]1C(=O)N1CCC[C@H]1C(=O)N[C@@H](Cc1cnc[nH]1)C(=O)N[C@@H](CCCN=C(N)N)C(=O)N[C@@H](CC(=O)O)C(=O)O. The van der Waals surface area contributed by atoms with Gasteiger partial charge in [-0.3, -0.25) is 91.5 Å². The van der Waals surface area contributed by atoms with Crippen LogP contribution in [0.5, 0.6) is 0 Å². The third-order valence-electron chi connectivity index (χ3n) is 19.3. The van der Waals surface area contributed by atoms with Crippen molar-refractivity contribution in [2.75, 3.05) is 39.3 Å². The highest BCUT2D eigenvalue weighted by Crippen LogP contribution is 2.29. The number of hydrogen-bond donors (Lipinski definition) is 20. The van der Waals surface area contributed by atoms with E-state index in [0.29, 0.717) is 5.69 Å². The van der Waals surface area contributed by atoms with Crippen LogP contribution in [0.4, 0.5) is 0 Å². The fraction of sp³-hybridized carbons (Fsp3) is 0.662. The summed E-state index contributed by atoms with van der Waals surface area (Å²) < 4.78 is 0. The van der Waals surface area contributed by atoms with Gasteiger partial charge in [-0.1, -0.05) is 13.8 Å². The Morgan fingerprint density at radius 3 is 1.25 bits per heavy atom. The molecule has 0 aliphatic carbocycles. The van der Waals surface area contributed by atoms with Gasteiger partial charge in [0.2, 0.25) is 88.6 Å². The third-order valence-corrected chi connectivity index (χ3v) is 19.3. The maximum absolute atomic E-state index is 14.9. The molecule has 0 bridgehead atoms. The van der Waals surface area contributed by atoms with Crippen LogP contribution in [0.15, 0.2) is 22.5 Å². The topological polar surface area (TPSA) is 739 Å². The average molecular weight is 1600 g/mol. The Bertz CT molecular complexity index is 3660. The van der Waals surface area contributed by atoms with E-state index in [1.165, 1.54) is 27.2 Å². The number of aliphatic imine (C=N–C) groups is 2. The first-order valence-electron chi connectivity index (χ1n) is 37.4. The zero-order valence-electron chi connectivity index (χ0n) is 63.2. The predicted molar refractivity (Wildman–Crippen MR) is 396 cm³/mol. The van der Waals surface area contributed by atoms with Gasteiger partial charge < -0.3 is 128 Å². The number of carbonyl (C=O) groups excluding carboxylic acids is 15. The van der Waals surface area contributed by atoms with Crippen LogP contribution in [0.25, 0.3) is 0 Å². The van der Waals surface area contributed by atoms with Gasteiger partial charge in [0, 0.05) is 83.3 Å². The highest BCUT2D eigenvalue weighted by Gasteiger charge is 2.47. The predicted octanol–water partition coefficient (Wildman–Crippen LogP) is -8.50. The Hall–Kier alpha value is -11.8. The molecule has 0 unspecified atom stereocenters. The van der Waals surface area contributed by atoms with Gasteiger partial charge >= 0.3 is 17.9 Å². The first kappa shape index (κ1) is 91.8. The molecule has 1 aromatic heterocycles. The molecule has 626 valence electrons. The number of carboxylic acid groups (broad SMARTS) is 3. The van der Waals surface area contributed by atoms with E-state index in [4.69, 9.17) is 45.9 Å². The van der Waals surface area contributed by atoms with Crippen LogP contribution in [0.1, 0.15) is 161 Å². The molecule has 13 atom stereocenters. The minimum atomic E-state index is -1.91. The average Bonchev–Trinajstić information content (AvgIpc) is 1.67. The molecule has 0 aromatic carbocycles. The number of aromatic nitrogens is 2. The molecule has 5 rings (SSSR count). The summed E-state index contributed by atoms with van der Waals surface area (Å²) in [4.78, 5) is 263. The van der Waals surface area contributed by atoms with Gasteiger partial charge in [0.15, 0.2) is 11.9 Å². The molecular weight excluding hydrogens is 1490 g/mol. The lowest BCUT2D eigenvalue weighted by Crippen LogP contribution is -2.60. The number of H-pyrrole nitrogens is 1. The van der Waals surface area contributed by atoms with Crippen molar-refractivity contribution in [3.63, 3.8) is 0 Å². The molecule has 0 saturated carbocycles. The monoisotopic (exact) mass is 1600 g/mol. The van der Waals surface area contributed by atoms with Gasteiger partial charge in [0.05, 0.1) is 18.8 Å². The van der Waals surface area contributed by atoms with Crippen molar-refractivity contribution in [2.24, 2.45) is 61.8 Å². The summed E-state index contributed by atoms with van der Waals surface area (Å²) in [6, 6.07) is -19.0. The molecule has 45 heteroatoms. The number of carbonyl (C=O) groups is 18. The number of likely N-dealkylation sites (tertiary alicyclic amines) is 4. The molecular formula is C68H108N24O21. The number of hydrogen-bond acceptors (Lipinski definition) is 22. The molecule has 113 heavy (non-hydrogen) atoms. The van der Waals surface area contributed by atoms with Crippen LogP contribution >= 0.6 is 0 Å². The molecule has 1 aromatic rings. The molecule has 5 heterocycles. The summed E-state index contributed by atoms with van der Waals surface area (Å²) in [6.07, 6.45) is -1.11. The summed E-state index contributed by atoms with van der Waals surface area (Å²) in [6.45, 7) is 3.30. The van der Waals surface area contributed by atoms with Gasteiger partial charge in [-0.25, -0.2) is 9.78 Å². The first-order valence-corrected chi connectivity index (χ1v) is 37.4. The van der Waals surface area contributed by atoms with E-state index in [1.807, 2.05) is 0 Å². The lowest BCUT2D eigenvalue weighted by atomic mass is 10.0. The molecule has 4 saturated heterocycles. The fourth-order valence-corrected chi connectivity index (χ4v) is 13.6. The van der Waals surface area contributed by atoms with Crippen LogP contribution in [0.3, 0.4) is 0 Å². The number of nitrogens with zero attached hydrogens (tertiary/aromatic N) is 7. The van der Waals surface area contributed by atoms with Crippen LogP contribution in [0, 0.1) is 5.92 Å². The quantitative estimate of drug-likeness (QED) is 0.0164. The van der Waals surface area contributed by atoms with Crippen molar-refractivity contribution in [1.29, 1.82) is 0 Å². The highest BCUT2D eigenvalue weighted by molar-refractivity contribution is 6.01. The van der Waals surface area contributed by atoms with Gasteiger partial charge in [-0.15, -0.1) is 0 Å². The maximum atomic E-state index is 14.9. The minimum Gasteiger partial charge on any atom is -0.481 e. The van der Waals surface area contributed by atoms with E-state index >= 15 is 0 Å². The number of nitrogens with two attached hydrogens (primary N) is 8. The zero-order valence-corrected chi connectivity index (χ0v) is 63.2. The minimum absolute atomic E-state index is 0.00216. The molecule has 0 spiro atoms. The Balaban J connectivity index is 1.33. The van der Waals surface area contributed by atoms with E-state index in [9.17, 15) is 102 Å². The Kier molecular flexibility index (Phi) is 36.4. The fourth-order valence-electron chi connectivity index (χ4n) is 13.6. The number of nitrogens with one attached hydrogen (secondary N) is 9. The number of primary amides is 3. The number of carboxylic acids is 3. The largest absolute Gasteiger partial charge is 0.481 e. The van der Waals surface area contributed by atoms with Gasteiger partial charge in [0.25, 0.3) is 0 Å². The van der Waals surface area contributed by atoms with Crippen LogP contribution in [0.2, 0.25) is 0 Å². The zero-order chi connectivity index (χ0) is 83.9. The van der Waals surface area contributed by atoms with E-state index in [1.54, 1.807) is 13.8 Å². The van der Waals surface area contributed by atoms with E-state index in [2.05, 4.69) is 62.5 Å². The van der Waals surface area contributed by atoms with Gasteiger partial charge in [0.1, 0.15) is 72.5 Å². The van der Waals surface area contributed by atoms with Crippen molar-refractivity contribution in [3.8, 4) is 0 Å². The summed E-state index contributed by atoms with van der Waals surface area (Å²) in [5, 5.41) is 48.5. The second-order valence-corrected chi connectivity index (χ2v) is 28.5. The summed E-state index contributed by atoms with van der Waals surface area (Å²) in [7, 11) is 0. The number of imidazole rings is 1. The Morgan fingerprint density at radius 2 is 0.823 bits per heavy atom. The number of aliphatic carboxylic acids is 3. The second kappa shape index (κ2) is 44.9. The Labute approximate surface area is 649 Å². The molecule has 45 nitrogen and oxygen atoms in total. The maximum Gasteiger partial charge on any atom is 0.326 e. The van der Waals surface area contributed by atoms with E-state index < -0.39 is 230 Å². The van der Waals surface area contributed by atoms with E-state index in [0.717, 1.165) is 4.90 Å². The smallest absolute Gasteiger partial charge is 0.326 e. The number of guanidine groups is 2. The van der Waals surface area contributed by atoms with Crippen molar-refractivity contribution < 1.29 is 102 Å². The summed E-state index contributed by atoms with van der Waals surface area (Å²) >= 11 is 0. The molecule has 4 aliphatic rings. The van der Waals surface area contributed by atoms with E-state index in [-0.39, 0.29) is 160 Å². The summed E-state index contributed by atoms with van der Waals surface area (Å²) in [5.41, 5.74) is 44.5. The standard InChI is InChI=1S/C68H108N24O21/c1-34(2)29-42(86-60(106)45-11-5-25-89(45)64(110)47-13-7-27-91(47)62(108)40(10-4-24-79-68(75)76)84-57(103)39(18-22-52(96)97)81-54(100)36(69)15-19-49(70)93)58(104)83-38(16-20-50(71)94)56(102)85-41(17-21-51(72)95)63(109)92-28-8-14-48(92)65(111)90-26-6-12-46(90)61(107)87-43(30-35-32-77-33-80-35)59(105)82-37(9-3-23-78-67(73)74)55(101)88-44(66(112)113)31-53(98)99/h32-34,36-48H,3-31,69H2,1-2H3,(H2,70,93)(H2,71,94)(H2,72,95)(H,77,80)(H,81,100)(H,82,105)(H,83,104)(H,84,103)(H,85,102)(H,86,106)(H,87,107)(H,88,101)(H,96,97)(H,98,99)(H,112,113)(H4,73,74,78)(H4,75,76,79)/t36-,37-,38-,39-,40-,41-,42-,43-,44-,45-,46-,47-,48-/m0/s1. The second-order valence-electron chi connectivity index (χ2n) is 28.5. The summed E-state index contributed by atoms with van der Waals surface area (Å²) in [5.74, 6) is -18.7. The number of amides is 15. The molecule has 0 radical (unpaired) electrons. The van der Waals surface area contributed by atoms with Crippen molar-refractivity contribution >= 4 is 118 Å². The molecule has 28 N–H and O–H groups in total. The normalized spacial score (nSPS) is 18.9. The van der Waals surface area contributed by atoms with Crippen LogP contribution in [-0.2, 0) is 92.7 Å². The lowest BCUT2D eigenvalue weighted by Gasteiger charge is -2.34. The van der Waals surface area contributed by atoms with Crippen molar-refractivity contribution in [3.05, 3.63) is 18.2 Å². The lowest BCUT2D eigenvalue weighted by molar-refractivity contribution is -0.148. The van der Waals surface area contributed by atoms with Gasteiger partial charge in [-0.2, -0.15) is 0 Å². The number of rotatable bonds is 47.